The van der Waals surface area contributed by atoms with Gasteiger partial charge in [0.25, 0.3) is 0 Å². The van der Waals surface area contributed by atoms with E-state index < -0.39 is 5.54 Å². The monoisotopic (exact) mass is 284 g/mol. The molecule has 1 aliphatic carbocycles. The van der Waals surface area contributed by atoms with E-state index in [0.29, 0.717) is 12.0 Å². The maximum absolute atomic E-state index is 12.4. The zero-order valence-corrected chi connectivity index (χ0v) is 14.0. The van der Waals surface area contributed by atoms with Gasteiger partial charge in [0.15, 0.2) is 0 Å². The molecule has 1 N–H and O–H groups in total. The van der Waals surface area contributed by atoms with Gasteiger partial charge in [0.2, 0.25) is 0 Å². The summed E-state index contributed by atoms with van der Waals surface area (Å²) in [6, 6.07) is 0.833. The highest BCUT2D eigenvalue weighted by molar-refractivity contribution is 5.81. The first-order valence-corrected chi connectivity index (χ1v) is 7.89. The third kappa shape index (κ3) is 3.95. The Kier molecular flexibility index (Phi) is 6.46. The van der Waals surface area contributed by atoms with Crippen LogP contribution in [0.2, 0.25) is 0 Å². The second-order valence-corrected chi connectivity index (χ2v) is 6.71. The van der Waals surface area contributed by atoms with Gasteiger partial charge in [-0.05, 0) is 66.5 Å². The van der Waals surface area contributed by atoms with Crippen molar-refractivity contribution in [1.29, 1.82) is 0 Å². The molecule has 4 nitrogen and oxygen atoms in total. The van der Waals surface area contributed by atoms with Crippen molar-refractivity contribution in [2.24, 2.45) is 5.92 Å². The highest BCUT2D eigenvalue weighted by atomic mass is 16.5. The summed E-state index contributed by atoms with van der Waals surface area (Å²) in [5.41, 5.74) is -0.471. The van der Waals surface area contributed by atoms with E-state index in [-0.39, 0.29) is 12.0 Å². The molecule has 1 aliphatic rings. The molecule has 2 atom stereocenters. The number of rotatable bonds is 7. The molecule has 1 saturated carbocycles. The third-order valence-electron chi connectivity index (χ3n) is 4.63. The molecule has 0 saturated heterocycles. The predicted molar refractivity (Wildman–Crippen MR) is 82.7 cm³/mol. The van der Waals surface area contributed by atoms with Crippen molar-refractivity contribution in [3.63, 3.8) is 0 Å². The van der Waals surface area contributed by atoms with Crippen LogP contribution in [0.5, 0.6) is 0 Å². The first-order chi connectivity index (χ1) is 9.33. The van der Waals surface area contributed by atoms with E-state index in [0.717, 1.165) is 32.2 Å². The van der Waals surface area contributed by atoms with Crippen LogP contribution in [0.4, 0.5) is 0 Å². The molecule has 2 unspecified atom stereocenters. The normalized spacial score (nSPS) is 26.8. The first-order valence-electron chi connectivity index (χ1n) is 7.89. The van der Waals surface area contributed by atoms with Crippen LogP contribution >= 0.6 is 0 Å². The minimum absolute atomic E-state index is 0.0825. The number of carbonyl (C=O) groups is 1. The summed E-state index contributed by atoms with van der Waals surface area (Å²) in [6.07, 6.45) is 4.16. The largest absolute Gasteiger partial charge is 0.468 e. The number of methoxy groups -OCH3 is 1. The number of esters is 1. The molecule has 0 spiro atoms. The second-order valence-electron chi connectivity index (χ2n) is 6.71. The Morgan fingerprint density at radius 2 is 2.05 bits per heavy atom. The molecule has 20 heavy (non-hydrogen) atoms. The Bertz CT molecular complexity index is 318. The lowest BCUT2D eigenvalue weighted by Gasteiger charge is -2.36. The van der Waals surface area contributed by atoms with Gasteiger partial charge in [-0.25, -0.2) is 0 Å². The van der Waals surface area contributed by atoms with Crippen molar-refractivity contribution in [2.75, 3.05) is 20.7 Å². The summed E-state index contributed by atoms with van der Waals surface area (Å²) in [5.74, 6) is 0.291. The maximum atomic E-state index is 12.4. The summed E-state index contributed by atoms with van der Waals surface area (Å²) in [5, 5.41) is 3.52. The Morgan fingerprint density at radius 1 is 1.40 bits per heavy atom. The van der Waals surface area contributed by atoms with Gasteiger partial charge in [0, 0.05) is 12.1 Å². The van der Waals surface area contributed by atoms with Crippen molar-refractivity contribution < 1.29 is 9.53 Å². The third-order valence-corrected chi connectivity index (χ3v) is 4.63. The van der Waals surface area contributed by atoms with E-state index >= 15 is 0 Å². The Balaban J connectivity index is 2.78. The lowest BCUT2D eigenvalue weighted by Crippen LogP contribution is -2.58. The van der Waals surface area contributed by atoms with Gasteiger partial charge in [-0.1, -0.05) is 6.42 Å². The molecule has 0 aliphatic heterocycles. The van der Waals surface area contributed by atoms with Gasteiger partial charge in [-0.2, -0.15) is 0 Å². The molecule has 0 heterocycles. The van der Waals surface area contributed by atoms with E-state index in [1.165, 1.54) is 7.11 Å². The molecule has 4 heteroatoms. The van der Waals surface area contributed by atoms with E-state index in [4.69, 9.17) is 4.74 Å². The van der Waals surface area contributed by atoms with Gasteiger partial charge in [-0.15, -0.1) is 0 Å². The Labute approximate surface area is 124 Å². The fourth-order valence-electron chi connectivity index (χ4n) is 3.30. The molecular weight excluding hydrogens is 252 g/mol. The van der Waals surface area contributed by atoms with Crippen molar-refractivity contribution in [1.82, 2.24) is 10.2 Å². The lowest BCUT2D eigenvalue weighted by atomic mass is 9.83. The topological polar surface area (TPSA) is 41.6 Å². The molecule has 0 bridgehead atoms. The Morgan fingerprint density at radius 3 is 2.55 bits per heavy atom. The lowest BCUT2D eigenvalue weighted by molar-refractivity contribution is -0.151. The fraction of sp³-hybridized carbons (Fsp3) is 0.938. The van der Waals surface area contributed by atoms with Gasteiger partial charge in [0.1, 0.15) is 5.54 Å². The minimum Gasteiger partial charge on any atom is -0.468 e. The van der Waals surface area contributed by atoms with E-state index in [2.05, 4.69) is 45.0 Å². The van der Waals surface area contributed by atoms with Crippen LogP contribution < -0.4 is 5.32 Å². The fourth-order valence-corrected chi connectivity index (χ4v) is 3.30. The van der Waals surface area contributed by atoms with Crippen molar-refractivity contribution in [3.05, 3.63) is 0 Å². The number of ether oxygens (including phenoxy) is 1. The molecule has 1 fully saturated rings. The van der Waals surface area contributed by atoms with Crippen LogP contribution in [-0.2, 0) is 9.53 Å². The highest BCUT2D eigenvalue weighted by Crippen LogP contribution is 2.39. The van der Waals surface area contributed by atoms with Crippen LogP contribution in [0.1, 0.15) is 53.4 Å². The summed E-state index contributed by atoms with van der Waals surface area (Å²) in [7, 11) is 3.65. The standard InChI is InChI=1S/C16H32N2O2/c1-12(2)17-16(15(19)20-6)10-7-8-14(16)9-11-18(5)13(3)4/h12-14,17H,7-11H2,1-6H3. The van der Waals surface area contributed by atoms with Crippen LogP contribution in [0.3, 0.4) is 0 Å². The van der Waals surface area contributed by atoms with Crippen LogP contribution in [0.25, 0.3) is 0 Å². The van der Waals surface area contributed by atoms with Gasteiger partial charge in [-0.3, -0.25) is 10.1 Å². The van der Waals surface area contributed by atoms with Crippen LogP contribution in [-0.4, -0.2) is 49.2 Å². The summed E-state index contributed by atoms with van der Waals surface area (Å²) < 4.78 is 5.11. The summed E-state index contributed by atoms with van der Waals surface area (Å²) >= 11 is 0. The molecule has 0 radical (unpaired) electrons. The molecule has 118 valence electrons. The number of hydrogen-bond donors (Lipinski definition) is 1. The highest BCUT2D eigenvalue weighted by Gasteiger charge is 2.49. The van der Waals surface area contributed by atoms with Crippen molar-refractivity contribution in [3.8, 4) is 0 Å². The first kappa shape index (κ1) is 17.4. The molecule has 0 aromatic carbocycles. The van der Waals surface area contributed by atoms with Crippen molar-refractivity contribution in [2.45, 2.75) is 71.0 Å². The number of nitrogens with one attached hydrogen (secondary N) is 1. The number of nitrogens with zero attached hydrogens (tertiary/aromatic N) is 1. The quantitative estimate of drug-likeness (QED) is 0.729. The average Bonchev–Trinajstić information content (AvgIpc) is 2.77. The van der Waals surface area contributed by atoms with Crippen molar-refractivity contribution >= 4 is 5.97 Å². The second kappa shape index (κ2) is 7.41. The molecular formula is C16H32N2O2. The average molecular weight is 284 g/mol. The number of hydrogen-bond acceptors (Lipinski definition) is 4. The smallest absolute Gasteiger partial charge is 0.326 e. The molecule has 0 aromatic rings. The van der Waals surface area contributed by atoms with Crippen LogP contribution in [0.15, 0.2) is 0 Å². The van der Waals surface area contributed by atoms with E-state index in [9.17, 15) is 4.79 Å². The summed E-state index contributed by atoms with van der Waals surface area (Å²) in [4.78, 5) is 14.7. The summed E-state index contributed by atoms with van der Waals surface area (Å²) in [6.45, 7) is 9.63. The van der Waals surface area contributed by atoms with E-state index in [1.54, 1.807) is 0 Å². The molecule has 0 aromatic heterocycles. The SMILES string of the molecule is COC(=O)C1(NC(C)C)CCCC1CCN(C)C(C)C. The van der Waals surface area contributed by atoms with E-state index in [1.807, 2.05) is 0 Å². The Hall–Kier alpha value is -0.610. The zero-order valence-electron chi connectivity index (χ0n) is 14.0. The van der Waals surface area contributed by atoms with Gasteiger partial charge >= 0.3 is 5.97 Å². The van der Waals surface area contributed by atoms with Gasteiger partial charge in [0.05, 0.1) is 7.11 Å². The minimum atomic E-state index is -0.471. The van der Waals surface area contributed by atoms with Crippen LogP contribution in [0, 0.1) is 5.92 Å². The predicted octanol–water partition coefficient (Wildman–Crippen LogP) is 2.43. The number of carbonyl (C=O) groups excluding carboxylic acids is 1. The molecule has 1 rings (SSSR count). The maximum Gasteiger partial charge on any atom is 0.326 e. The zero-order chi connectivity index (χ0) is 15.3. The van der Waals surface area contributed by atoms with Gasteiger partial charge < -0.3 is 9.64 Å². The molecule has 0 amide bonds.